The summed E-state index contributed by atoms with van der Waals surface area (Å²) in [7, 11) is -0.0892. The second kappa shape index (κ2) is 33.8. The van der Waals surface area contributed by atoms with Gasteiger partial charge in [-0.15, -0.1) is 0 Å². The number of hydrogen-bond donors (Lipinski definition) is 6. The van der Waals surface area contributed by atoms with Crippen LogP contribution in [-0.4, -0.2) is 51.2 Å². The number of carboxylic acid groups (broad SMARTS) is 1. The van der Waals surface area contributed by atoms with Crippen LogP contribution in [0.15, 0.2) is 48.5 Å². The average Bonchev–Trinajstić information content (AvgIpc) is 2.89. The Kier molecular flexibility index (Phi) is 41.3. The molecule has 0 aliphatic rings. The van der Waals surface area contributed by atoms with E-state index < -0.39 is 25.1 Å². The van der Waals surface area contributed by atoms with Gasteiger partial charge in [-0.3, -0.25) is 9.59 Å². The van der Waals surface area contributed by atoms with Crippen molar-refractivity contribution in [3.05, 3.63) is 59.7 Å². The van der Waals surface area contributed by atoms with Crippen molar-refractivity contribution in [2.24, 2.45) is 5.73 Å². The van der Waals surface area contributed by atoms with Crippen molar-refractivity contribution in [2.45, 2.75) is 66.4 Å². The molecule has 2 atom stereocenters. The average molecular weight is 1200 g/mol. The number of halogens is 5. The molecule has 2 aromatic carbocycles. The summed E-state index contributed by atoms with van der Waals surface area (Å²) < 4.78 is 0. The van der Waals surface area contributed by atoms with Crippen LogP contribution < -0.4 is 11.0 Å². The Morgan fingerprint density at radius 2 is 1.20 bits per heavy atom. The molecule has 0 spiro atoms. The van der Waals surface area contributed by atoms with E-state index in [0.29, 0.717) is 15.9 Å². The molecule has 8 nitrogen and oxygen atoms in total. The minimum atomic E-state index is -1.02. The number of hydrogen-bond acceptors (Lipinski definition) is 7. The Balaban J connectivity index is -0.000000241. The van der Waals surface area contributed by atoms with Gasteiger partial charge in [-0.2, -0.15) is 0 Å². The Morgan fingerprint density at radius 3 is 1.45 bits per heavy atom. The van der Waals surface area contributed by atoms with E-state index in [2.05, 4.69) is 105 Å². The number of nitrogens with one attached hydrogen (secondary N) is 1. The van der Waals surface area contributed by atoms with Crippen molar-refractivity contribution in [2.75, 3.05) is 0 Å². The van der Waals surface area contributed by atoms with Crippen LogP contribution in [0.1, 0.15) is 45.7 Å². The molecule has 16 heteroatoms. The number of carbonyl (C=O) groups is 2. The molecule has 0 radical (unpaired) electrons. The van der Waals surface area contributed by atoms with Gasteiger partial charge in [-0.05, 0) is 62.0 Å². The van der Waals surface area contributed by atoms with E-state index in [1.807, 2.05) is 27.7 Å². The van der Waals surface area contributed by atoms with Gasteiger partial charge in [-0.25, -0.2) is 0 Å². The third-order valence-corrected chi connectivity index (χ3v) is 4.02. The topological polar surface area (TPSA) is 153 Å². The summed E-state index contributed by atoms with van der Waals surface area (Å²) in [5, 5.41) is 38.6. The summed E-state index contributed by atoms with van der Waals surface area (Å²) in [6.45, 7) is 11.1. The van der Waals surface area contributed by atoms with E-state index in [9.17, 15) is 14.6 Å². The van der Waals surface area contributed by atoms with Crippen molar-refractivity contribution >= 4 is 119 Å². The van der Waals surface area contributed by atoms with Gasteiger partial charge >= 0.3 is 127 Å². The third kappa shape index (κ3) is 34.4. The molecule has 7 N–H and O–H groups in total. The summed E-state index contributed by atoms with van der Waals surface area (Å²) in [5.41, 5.74) is 7.06. The van der Waals surface area contributed by atoms with Crippen LogP contribution in [0.4, 0.5) is 0 Å². The predicted octanol–water partition coefficient (Wildman–Crippen LogP) is 7.41. The van der Waals surface area contributed by atoms with Crippen molar-refractivity contribution in [1.82, 2.24) is 5.23 Å². The fraction of sp³-hybridized carbons (Fsp3) is 0.417. The van der Waals surface area contributed by atoms with E-state index in [4.69, 9.17) is 21.1 Å². The molecule has 0 aliphatic heterocycles. The Labute approximate surface area is 306 Å². The predicted molar refractivity (Wildman–Crippen MR) is 203 cm³/mol. The quantitative estimate of drug-likeness (QED) is 0.118. The summed E-state index contributed by atoms with van der Waals surface area (Å²) >= 11 is 12.1. The SMILES string of the molecule is CB(O)NC(Cc1ccc(O)cc1)C(C)=O.CC.CC.NC(Cc1ccc(O)cc1)C(=O)O.[I][V]([I])[I].[I][V][I]. The van der Waals surface area contributed by atoms with Crippen molar-refractivity contribution in [1.29, 1.82) is 0 Å². The molecule has 229 valence electrons. The number of benzene rings is 2. The van der Waals surface area contributed by atoms with Gasteiger partial charge in [0.2, 0.25) is 0 Å². The van der Waals surface area contributed by atoms with Crippen LogP contribution in [0.2, 0.25) is 6.82 Å². The number of phenols is 2. The number of aliphatic carboxylic acids is 1. The third-order valence-electron chi connectivity index (χ3n) is 4.02. The number of ketones is 1. The van der Waals surface area contributed by atoms with Gasteiger partial charge in [0.05, 0.1) is 6.04 Å². The molecular formula is C24H39BI5N2O6V2. The van der Waals surface area contributed by atoms with E-state index in [1.165, 1.54) is 19.1 Å². The fourth-order valence-electron chi connectivity index (χ4n) is 2.45. The van der Waals surface area contributed by atoms with Crippen LogP contribution in [0.5, 0.6) is 11.5 Å². The molecule has 0 heterocycles. The van der Waals surface area contributed by atoms with Crippen molar-refractivity contribution in [3.8, 4) is 11.5 Å². The first-order chi connectivity index (χ1) is 18.7. The Hall–Kier alpha value is 1.94. The second-order valence-corrected chi connectivity index (χ2v) is 54.1. The van der Waals surface area contributed by atoms with E-state index in [0.717, 1.165) is 11.1 Å². The first kappa shape index (κ1) is 48.8. The maximum absolute atomic E-state index is 11.3. The van der Waals surface area contributed by atoms with E-state index in [-0.39, 0.29) is 28.6 Å². The number of Topliss-reactive ketones (excluding diaryl/α,β-unsaturated/α-hetero) is 1. The van der Waals surface area contributed by atoms with Gasteiger partial charge in [-0.1, -0.05) is 52.0 Å². The molecule has 2 aromatic rings. The van der Waals surface area contributed by atoms with Crippen LogP contribution in [0.25, 0.3) is 0 Å². The number of carbonyl (C=O) groups excluding carboxylic acids is 1. The van der Waals surface area contributed by atoms with Gasteiger partial charge in [0.15, 0.2) is 0 Å². The Morgan fingerprint density at radius 1 is 0.900 bits per heavy atom. The summed E-state index contributed by atoms with van der Waals surface area (Å²) in [6.07, 6.45) is 0.774. The molecular weight excluding hydrogens is 1160 g/mol. The number of nitrogens with two attached hydrogens (primary N) is 1. The zero-order valence-electron chi connectivity index (χ0n) is 23.2. The molecule has 0 amide bonds. The number of aromatic hydroxyl groups is 2. The molecule has 2 rings (SSSR count). The minimum absolute atomic E-state index is 0.0195. The standard InChI is InChI=1S/C11H16BNO3.C9H11NO3.2C2H6.5HI.2V/c1-8(14)11(13-12(2)16)7-9-3-5-10(15)6-4-9;10-8(9(12)13)5-6-1-3-7(11)4-2-6;2*1-2;;;;;;;/h3-6,11,13,15-16H,7H2,1-2H3;1-4,8,11H,5,10H2,(H,12,13);2*1-2H3;5*1H;;/q;;;;;;;;;+2;+3/p-5. The molecule has 40 heavy (non-hydrogen) atoms. The number of carboxylic acids is 1. The first-order valence-electron chi connectivity index (χ1n) is 11.9. The number of phenolic OH excluding ortho intramolecular Hbond substituents is 2. The molecule has 0 saturated carbocycles. The van der Waals surface area contributed by atoms with Crippen LogP contribution >= 0.6 is 99.9 Å². The first-order valence-corrected chi connectivity index (χ1v) is 34.4. The fourth-order valence-corrected chi connectivity index (χ4v) is 2.45. The van der Waals surface area contributed by atoms with Gasteiger partial charge in [0.1, 0.15) is 23.3 Å². The molecule has 2 unspecified atom stereocenters. The molecule has 0 saturated heterocycles. The zero-order chi connectivity index (χ0) is 32.3. The van der Waals surface area contributed by atoms with E-state index >= 15 is 0 Å². The molecule has 0 fully saturated rings. The summed E-state index contributed by atoms with van der Waals surface area (Å²) in [6, 6.07) is 11.7. The Bertz CT molecular complexity index is 871. The van der Waals surface area contributed by atoms with Gasteiger partial charge in [0, 0.05) is 0 Å². The van der Waals surface area contributed by atoms with Gasteiger partial charge in [0.25, 0.3) is 0 Å². The van der Waals surface area contributed by atoms with Crippen LogP contribution in [0, 0.1) is 0 Å². The van der Waals surface area contributed by atoms with Gasteiger partial charge < -0.3 is 31.3 Å². The van der Waals surface area contributed by atoms with Crippen LogP contribution in [-0.2, 0) is 36.8 Å². The molecule has 0 aromatic heterocycles. The second-order valence-electron chi connectivity index (χ2n) is 6.95. The van der Waals surface area contributed by atoms with E-state index in [1.54, 1.807) is 43.2 Å². The summed E-state index contributed by atoms with van der Waals surface area (Å²) in [4.78, 5) is 21.4. The van der Waals surface area contributed by atoms with Crippen molar-refractivity contribution in [3.63, 3.8) is 0 Å². The van der Waals surface area contributed by atoms with Crippen molar-refractivity contribution < 1.29 is 44.3 Å². The van der Waals surface area contributed by atoms with Crippen LogP contribution in [0.3, 0.4) is 0 Å². The summed E-state index contributed by atoms with van der Waals surface area (Å²) in [5.74, 6) is -0.679. The monoisotopic (exact) mass is 1200 g/mol. The molecule has 0 bridgehead atoms. The maximum atomic E-state index is 11.3. The molecule has 0 aliphatic carbocycles. The zero-order valence-corrected chi connectivity index (χ0v) is 36.8. The normalized spacial score (nSPS) is 10.4. The number of rotatable bonds is 8.